The van der Waals surface area contributed by atoms with E-state index in [0.717, 1.165) is 24.9 Å². The number of nitrogen functional groups attached to an aromatic ring is 1. The summed E-state index contributed by atoms with van der Waals surface area (Å²) in [5.74, 6) is 0. The lowest BCUT2D eigenvalue weighted by molar-refractivity contribution is 0.137. The van der Waals surface area contributed by atoms with E-state index < -0.39 is 0 Å². The molecule has 104 valence electrons. The first-order chi connectivity index (χ1) is 9.23. The summed E-state index contributed by atoms with van der Waals surface area (Å²) in [5, 5.41) is 0. The molecule has 2 aliphatic carbocycles. The monoisotopic (exact) mass is 260 g/mol. The van der Waals surface area contributed by atoms with Crippen LogP contribution in [-0.2, 0) is 10.2 Å². The third-order valence-corrected chi connectivity index (χ3v) is 4.53. The molecular formula is C16H24N2O. The highest BCUT2D eigenvalue weighted by Gasteiger charge is 2.47. The van der Waals surface area contributed by atoms with Crippen LogP contribution in [0.25, 0.3) is 0 Å². The molecule has 0 radical (unpaired) electrons. The lowest BCUT2D eigenvalue weighted by Gasteiger charge is -2.27. The predicted molar refractivity (Wildman–Crippen MR) is 78.2 cm³/mol. The number of nitrogens with two attached hydrogens (primary N) is 1. The van der Waals surface area contributed by atoms with Gasteiger partial charge in [-0.1, -0.05) is 12.1 Å². The summed E-state index contributed by atoms with van der Waals surface area (Å²) < 4.78 is 5.25. The van der Waals surface area contributed by atoms with Crippen LogP contribution in [0.5, 0.6) is 0 Å². The van der Waals surface area contributed by atoms with Gasteiger partial charge in [0.15, 0.2) is 0 Å². The highest BCUT2D eigenvalue weighted by Crippen LogP contribution is 2.49. The van der Waals surface area contributed by atoms with Gasteiger partial charge in [0.1, 0.15) is 0 Å². The number of hydrogen-bond acceptors (Lipinski definition) is 3. The van der Waals surface area contributed by atoms with Crippen LogP contribution in [0.4, 0.5) is 5.69 Å². The van der Waals surface area contributed by atoms with Gasteiger partial charge in [-0.2, -0.15) is 0 Å². The number of benzene rings is 1. The fraction of sp³-hybridized carbons (Fsp3) is 0.625. The fourth-order valence-corrected chi connectivity index (χ4v) is 2.95. The van der Waals surface area contributed by atoms with E-state index in [4.69, 9.17) is 10.5 Å². The minimum Gasteiger partial charge on any atom is -0.399 e. The van der Waals surface area contributed by atoms with Crippen molar-refractivity contribution in [3.05, 3.63) is 29.8 Å². The molecule has 1 aromatic carbocycles. The maximum absolute atomic E-state index is 5.79. The van der Waals surface area contributed by atoms with Crippen molar-refractivity contribution in [2.24, 2.45) is 0 Å². The van der Waals surface area contributed by atoms with Crippen molar-refractivity contribution in [2.45, 2.75) is 37.1 Å². The van der Waals surface area contributed by atoms with Gasteiger partial charge >= 0.3 is 0 Å². The molecule has 0 bridgehead atoms. The number of methoxy groups -OCH3 is 1. The molecule has 0 aromatic heterocycles. The zero-order chi connectivity index (χ0) is 13.3. The van der Waals surface area contributed by atoms with E-state index in [2.05, 4.69) is 17.0 Å². The van der Waals surface area contributed by atoms with E-state index in [0.29, 0.717) is 5.41 Å². The van der Waals surface area contributed by atoms with Crippen LogP contribution >= 0.6 is 0 Å². The molecule has 2 saturated carbocycles. The van der Waals surface area contributed by atoms with Crippen molar-refractivity contribution in [3.8, 4) is 0 Å². The van der Waals surface area contributed by atoms with Crippen LogP contribution in [0, 0.1) is 0 Å². The van der Waals surface area contributed by atoms with Crippen LogP contribution in [0.2, 0.25) is 0 Å². The van der Waals surface area contributed by atoms with Gasteiger partial charge in [-0.3, -0.25) is 4.90 Å². The van der Waals surface area contributed by atoms with Crippen molar-refractivity contribution < 1.29 is 4.74 Å². The molecule has 0 spiro atoms. The zero-order valence-corrected chi connectivity index (χ0v) is 11.8. The van der Waals surface area contributed by atoms with Crippen molar-refractivity contribution in [2.75, 3.05) is 32.5 Å². The molecular weight excluding hydrogens is 236 g/mol. The van der Waals surface area contributed by atoms with Crippen LogP contribution in [0.15, 0.2) is 24.3 Å². The van der Waals surface area contributed by atoms with E-state index in [1.165, 1.54) is 37.8 Å². The first kappa shape index (κ1) is 12.9. The van der Waals surface area contributed by atoms with E-state index in [1.54, 1.807) is 7.11 Å². The summed E-state index contributed by atoms with van der Waals surface area (Å²) in [6, 6.07) is 9.30. The largest absolute Gasteiger partial charge is 0.399 e. The minimum atomic E-state index is 0.393. The molecule has 3 nitrogen and oxygen atoms in total. The molecule has 0 amide bonds. The van der Waals surface area contributed by atoms with E-state index >= 15 is 0 Å². The first-order valence-corrected chi connectivity index (χ1v) is 7.32. The third kappa shape index (κ3) is 2.93. The normalized spacial score (nSPS) is 20.7. The standard InChI is InChI=1S/C16H24N2O/c1-19-11-10-18(15-6-7-15)12-16(8-9-16)13-2-4-14(17)5-3-13/h2-5,15H,6-12,17H2,1H3. The van der Waals surface area contributed by atoms with Crippen molar-refractivity contribution in [3.63, 3.8) is 0 Å². The molecule has 0 saturated heterocycles. The summed E-state index contributed by atoms with van der Waals surface area (Å²) in [7, 11) is 1.79. The zero-order valence-electron chi connectivity index (χ0n) is 11.8. The Labute approximate surface area is 115 Å². The average molecular weight is 260 g/mol. The Morgan fingerprint density at radius 3 is 2.47 bits per heavy atom. The van der Waals surface area contributed by atoms with Gasteiger partial charge in [0.25, 0.3) is 0 Å². The summed E-state index contributed by atoms with van der Waals surface area (Å²) in [5.41, 5.74) is 8.50. The Morgan fingerprint density at radius 1 is 1.26 bits per heavy atom. The van der Waals surface area contributed by atoms with Crippen LogP contribution in [0.3, 0.4) is 0 Å². The van der Waals surface area contributed by atoms with E-state index in [1.807, 2.05) is 12.1 Å². The molecule has 1 aromatic rings. The van der Waals surface area contributed by atoms with Crippen molar-refractivity contribution in [1.82, 2.24) is 4.90 Å². The maximum Gasteiger partial charge on any atom is 0.0589 e. The lowest BCUT2D eigenvalue weighted by atomic mass is 9.95. The van der Waals surface area contributed by atoms with Gasteiger partial charge in [-0.15, -0.1) is 0 Å². The first-order valence-electron chi connectivity index (χ1n) is 7.32. The Kier molecular flexibility index (Phi) is 3.50. The number of ether oxygens (including phenoxy) is 1. The molecule has 2 aliphatic rings. The smallest absolute Gasteiger partial charge is 0.0589 e. The van der Waals surface area contributed by atoms with Gasteiger partial charge in [0.2, 0.25) is 0 Å². The van der Waals surface area contributed by atoms with Gasteiger partial charge in [-0.25, -0.2) is 0 Å². The molecule has 0 atom stereocenters. The summed E-state index contributed by atoms with van der Waals surface area (Å²) in [6.07, 6.45) is 5.35. The van der Waals surface area contributed by atoms with E-state index in [-0.39, 0.29) is 0 Å². The number of nitrogens with zero attached hydrogens (tertiary/aromatic N) is 1. The third-order valence-electron chi connectivity index (χ3n) is 4.53. The van der Waals surface area contributed by atoms with Crippen LogP contribution in [0.1, 0.15) is 31.2 Å². The predicted octanol–water partition coefficient (Wildman–Crippen LogP) is 2.41. The molecule has 19 heavy (non-hydrogen) atoms. The molecule has 0 heterocycles. The van der Waals surface area contributed by atoms with Gasteiger partial charge in [0, 0.05) is 37.3 Å². The Balaban J connectivity index is 1.68. The van der Waals surface area contributed by atoms with Gasteiger partial charge < -0.3 is 10.5 Å². The molecule has 2 N–H and O–H groups in total. The number of anilines is 1. The fourth-order valence-electron chi connectivity index (χ4n) is 2.95. The molecule has 3 rings (SSSR count). The molecule has 0 aliphatic heterocycles. The van der Waals surface area contributed by atoms with E-state index in [9.17, 15) is 0 Å². The lowest BCUT2D eigenvalue weighted by Crippen LogP contribution is -2.36. The second kappa shape index (κ2) is 5.14. The molecule has 3 heteroatoms. The highest BCUT2D eigenvalue weighted by molar-refractivity contribution is 5.43. The number of hydrogen-bond donors (Lipinski definition) is 1. The summed E-state index contributed by atoms with van der Waals surface area (Å²) >= 11 is 0. The Bertz CT molecular complexity index is 421. The maximum atomic E-state index is 5.79. The quantitative estimate of drug-likeness (QED) is 0.765. The van der Waals surface area contributed by atoms with Crippen LogP contribution < -0.4 is 5.73 Å². The Morgan fingerprint density at radius 2 is 1.95 bits per heavy atom. The van der Waals surface area contributed by atoms with Gasteiger partial charge in [-0.05, 0) is 43.4 Å². The molecule has 2 fully saturated rings. The van der Waals surface area contributed by atoms with Crippen molar-refractivity contribution >= 4 is 5.69 Å². The van der Waals surface area contributed by atoms with Gasteiger partial charge in [0.05, 0.1) is 6.61 Å². The minimum absolute atomic E-state index is 0.393. The second-order valence-electron chi connectivity index (χ2n) is 6.10. The molecule has 0 unspecified atom stereocenters. The average Bonchev–Trinajstić information content (AvgIpc) is 3.28. The summed E-state index contributed by atoms with van der Waals surface area (Å²) in [4.78, 5) is 2.63. The highest BCUT2D eigenvalue weighted by atomic mass is 16.5. The topological polar surface area (TPSA) is 38.5 Å². The van der Waals surface area contributed by atoms with Crippen LogP contribution in [-0.4, -0.2) is 37.7 Å². The SMILES string of the molecule is COCCN(CC1(c2ccc(N)cc2)CC1)C1CC1. The Hall–Kier alpha value is -1.06. The number of rotatable bonds is 7. The van der Waals surface area contributed by atoms with Crippen molar-refractivity contribution in [1.29, 1.82) is 0 Å². The summed E-state index contributed by atoms with van der Waals surface area (Å²) in [6.45, 7) is 3.09. The second-order valence-corrected chi connectivity index (χ2v) is 6.10.